The lowest BCUT2D eigenvalue weighted by atomic mass is 9.85. The van der Waals surface area contributed by atoms with Crippen molar-refractivity contribution in [3.63, 3.8) is 0 Å². The number of hydrogen-bond donors (Lipinski definition) is 2. The highest BCUT2D eigenvalue weighted by Crippen LogP contribution is 2.39. The number of carbonyl (C=O) groups is 5. The number of benzene rings is 3. The number of anilines is 1. The first-order valence-corrected chi connectivity index (χ1v) is 36.3. The second kappa shape index (κ2) is 36.0. The van der Waals surface area contributed by atoms with Gasteiger partial charge < -0.3 is 38.8 Å². The number of nitrogens with one attached hydrogen (secondary N) is 2. The van der Waals surface area contributed by atoms with E-state index in [1.165, 1.54) is 98.0 Å². The van der Waals surface area contributed by atoms with Gasteiger partial charge in [0.1, 0.15) is 62.9 Å². The van der Waals surface area contributed by atoms with Gasteiger partial charge in [-0.15, -0.1) is 0 Å². The summed E-state index contributed by atoms with van der Waals surface area (Å²) in [4.78, 5) is 78.2. The molecule has 0 radical (unpaired) electrons. The van der Waals surface area contributed by atoms with Crippen molar-refractivity contribution in [3.8, 4) is 0 Å². The number of likely N-dealkylation sites (tertiary alicyclic amines) is 3. The summed E-state index contributed by atoms with van der Waals surface area (Å²) in [6.07, 6.45) is 9.43. The maximum absolute atomic E-state index is 13.6. The number of rotatable bonds is 5. The minimum Gasteiger partial charge on any atom is -0.444 e. The van der Waals surface area contributed by atoms with Crippen LogP contribution in [-0.2, 0) is 18.8 Å². The Balaban J connectivity index is 0.000000166. The summed E-state index contributed by atoms with van der Waals surface area (Å²) in [6.45, 7) is 24.3. The topological polar surface area (TPSA) is 234 Å². The van der Waals surface area contributed by atoms with Crippen LogP contribution in [0.2, 0.25) is 0 Å². The van der Waals surface area contributed by atoms with Crippen molar-refractivity contribution >= 4 is 126 Å². The number of pyridine rings is 1. The zero-order valence-corrected chi connectivity index (χ0v) is 65.3. The van der Waals surface area contributed by atoms with Crippen LogP contribution in [0, 0.1) is 40.7 Å². The molecule has 13 rings (SSSR count). The van der Waals surface area contributed by atoms with Gasteiger partial charge in [0.25, 0.3) is 0 Å². The standard InChI is InChI=1S/C20H24BF2N3O3.C14H12BrF2N3O.C13H10F2N4O.C10H12BrFN2O2.C9H14BrNO2.C4H6BrN/c1-19(2)20(3,4)29-21(28-19)10-13-11-25(12-13)18(27)26-17(5-6-24-26)14-7-15(22)9-16(23)8-14;15-6-9-7-19(8-9)14(21)20-13(1-2-18-20)10-3-11(16)5-12(17)4-10;14-10-5-9(6-11(15)7-10)12-1-2-17-19(12)13(20)18-4-3-16-8-18;1-10(2,3)16-9(15)14-7-5-4-6(12)8(11)13-7;1-9(2,3)13-8(12)11-5-7(4-10)6-11;5-1-4-2-6-3-4/h6-10,17H,5,11-12H2,1-4H3;2-6,13H,1,7-8H2;2-8,12H,1H2;4-5H,1-3H3,(H,13,14,15);4H,5-6H2,1-3H3;1,6H,2-3H2/t17-;13-;12-;;;/m000.../s1. The van der Waals surface area contributed by atoms with Gasteiger partial charge in [0, 0.05) is 121 Å². The third-order valence-corrected chi connectivity index (χ3v) is 18.9. The molecule has 0 unspecified atom stereocenters. The second-order valence-electron chi connectivity index (χ2n) is 27.6. The molecule has 0 saturated carbocycles. The highest BCUT2D eigenvalue weighted by Gasteiger charge is 2.51. The van der Waals surface area contributed by atoms with Crippen molar-refractivity contribution in [1.82, 2.24) is 49.6 Å². The summed E-state index contributed by atoms with van der Waals surface area (Å²) < 4.78 is 117. The van der Waals surface area contributed by atoms with Gasteiger partial charge in [-0.2, -0.15) is 15.3 Å². The van der Waals surface area contributed by atoms with Gasteiger partial charge in [-0.25, -0.2) is 79.7 Å². The van der Waals surface area contributed by atoms with Crippen molar-refractivity contribution in [3.05, 3.63) is 191 Å². The lowest BCUT2D eigenvalue weighted by Gasteiger charge is -2.37. The third-order valence-electron chi connectivity index (χ3n) is 16.4. The molecule has 35 heteroatoms. The fourth-order valence-corrected chi connectivity index (χ4v) is 11.6. The van der Waals surface area contributed by atoms with Gasteiger partial charge in [0.15, 0.2) is 5.82 Å². The molecular formula is C70H78BBr4F7N14O9. The summed E-state index contributed by atoms with van der Waals surface area (Å²) in [7, 11) is -0.444. The predicted octanol–water partition coefficient (Wildman–Crippen LogP) is 16.4. The molecule has 3 atom stereocenters. The molecule has 0 bridgehead atoms. The van der Waals surface area contributed by atoms with Crippen LogP contribution in [0.3, 0.4) is 0 Å². The summed E-state index contributed by atoms with van der Waals surface area (Å²) in [6, 6.07) is 9.88. The highest BCUT2D eigenvalue weighted by atomic mass is 79.9. The normalized spacial score (nSPS) is 19.2. The molecule has 8 aliphatic rings. The van der Waals surface area contributed by atoms with Crippen molar-refractivity contribution in [2.75, 3.05) is 57.7 Å². The average Bonchev–Trinajstić information content (AvgIpc) is 1.67. The minimum atomic E-state index is -0.679. The molecule has 5 aromatic rings. The van der Waals surface area contributed by atoms with E-state index in [9.17, 15) is 54.7 Å². The van der Waals surface area contributed by atoms with Gasteiger partial charge in [0.2, 0.25) is 0 Å². The number of aromatic nitrogens is 3. The lowest BCUT2D eigenvalue weighted by molar-refractivity contribution is 0.00578. The van der Waals surface area contributed by atoms with E-state index in [1.54, 1.807) is 59.1 Å². The first kappa shape index (κ1) is 82.6. The smallest absolute Gasteiger partial charge is 0.444 e. The SMILES string of the molecule is BrC=C1CNC1.CC(C)(C)OC(=O)N1CC(=CBr)C1.CC(C)(C)OC(=O)Nc1ccc(F)c(Br)n1.CC1(C)OB(C=C2CN(C(=O)N3N=CC[C@H]3c3cc(F)cc(F)c3)C2)OC1(C)C.O=C(N1CC(=CBr)C1)N1N=CC[C@H]1c1cc(F)cc(F)c1.O=C(N1N=CC[C@H]1c1cc(F)cc(F)c1)n1ccnc1. The van der Waals surface area contributed by atoms with E-state index in [1.807, 2.05) is 64.4 Å². The summed E-state index contributed by atoms with van der Waals surface area (Å²) in [5.74, 6) is -2.36. The Kier molecular flexibility index (Phi) is 28.3. The van der Waals surface area contributed by atoms with Crippen molar-refractivity contribution in [1.29, 1.82) is 0 Å². The number of hydrazone groups is 3. The average molecular weight is 1720 g/mol. The van der Waals surface area contributed by atoms with Gasteiger partial charge >= 0.3 is 37.4 Å². The molecule has 5 saturated heterocycles. The van der Waals surface area contributed by atoms with Crippen LogP contribution < -0.4 is 10.6 Å². The Hall–Kier alpha value is -8.09. The summed E-state index contributed by atoms with van der Waals surface area (Å²) >= 11 is 12.6. The number of hydrogen-bond acceptors (Lipinski definition) is 15. The number of ether oxygens (including phenoxy) is 2. The minimum absolute atomic E-state index is 0.0426. The van der Waals surface area contributed by atoms with Crippen LogP contribution in [-0.4, -0.2) is 175 Å². The molecule has 562 valence electrons. The number of carbonyl (C=O) groups excluding carboxylic acids is 5. The first-order chi connectivity index (χ1) is 49.4. The molecule has 0 aliphatic carbocycles. The molecule has 23 nitrogen and oxygen atoms in total. The molecule has 5 fully saturated rings. The van der Waals surface area contributed by atoms with Crippen LogP contribution in [0.25, 0.3) is 0 Å². The molecule has 3 aromatic carbocycles. The number of imidazole rings is 1. The van der Waals surface area contributed by atoms with Gasteiger partial charge in [-0.1, -0.05) is 53.8 Å². The Morgan fingerprint density at radius 3 is 1.30 bits per heavy atom. The quantitative estimate of drug-likeness (QED) is 0.0950. The predicted molar refractivity (Wildman–Crippen MR) is 397 cm³/mol. The molecule has 105 heavy (non-hydrogen) atoms. The number of halogens is 11. The maximum atomic E-state index is 13.6. The van der Waals surface area contributed by atoms with E-state index in [0.29, 0.717) is 75.2 Å². The van der Waals surface area contributed by atoms with E-state index < -0.39 is 100 Å². The Morgan fingerprint density at radius 1 is 0.562 bits per heavy atom. The molecule has 2 aromatic heterocycles. The van der Waals surface area contributed by atoms with Gasteiger partial charge in [-0.3, -0.25) is 9.88 Å². The second-order valence-corrected chi connectivity index (χ2v) is 29.7. The van der Waals surface area contributed by atoms with Crippen LogP contribution >= 0.6 is 63.7 Å². The van der Waals surface area contributed by atoms with Crippen molar-refractivity contribution < 1.29 is 73.5 Å². The summed E-state index contributed by atoms with van der Waals surface area (Å²) in [5, 5.41) is 21.4. The zero-order chi connectivity index (χ0) is 76.9. The van der Waals surface area contributed by atoms with Crippen LogP contribution in [0.4, 0.5) is 60.5 Å². The fraction of sp³-hybridized carbons (Fsp3) is 0.400. The van der Waals surface area contributed by atoms with Crippen LogP contribution in [0.1, 0.15) is 123 Å². The lowest BCUT2D eigenvalue weighted by Crippen LogP contribution is -2.50. The monoisotopic (exact) mass is 1720 g/mol. The van der Waals surface area contributed by atoms with Gasteiger partial charge in [0.05, 0.1) is 29.3 Å². The summed E-state index contributed by atoms with van der Waals surface area (Å²) in [5.41, 5.74) is 4.18. The Morgan fingerprint density at radius 2 is 0.952 bits per heavy atom. The van der Waals surface area contributed by atoms with E-state index in [4.69, 9.17) is 18.8 Å². The molecule has 7 amide bonds. The first-order valence-electron chi connectivity index (χ1n) is 32.8. The van der Waals surface area contributed by atoms with Crippen LogP contribution in [0.5, 0.6) is 0 Å². The number of urea groups is 2. The van der Waals surface area contributed by atoms with Crippen molar-refractivity contribution in [2.45, 2.75) is 129 Å². The molecule has 0 spiro atoms. The fourth-order valence-electron chi connectivity index (χ4n) is 10.4. The van der Waals surface area contributed by atoms with E-state index in [2.05, 4.69) is 99.6 Å². The Labute approximate surface area is 637 Å². The van der Waals surface area contributed by atoms with E-state index in [-0.39, 0.29) is 28.6 Å². The highest BCUT2D eigenvalue weighted by molar-refractivity contribution is 9.11. The zero-order valence-electron chi connectivity index (χ0n) is 58.9. The molecule has 8 aliphatic heterocycles. The van der Waals surface area contributed by atoms with E-state index >= 15 is 0 Å². The van der Waals surface area contributed by atoms with Crippen LogP contribution in [0.15, 0.2) is 149 Å². The third kappa shape index (κ3) is 23.2. The number of amides is 7. The van der Waals surface area contributed by atoms with Gasteiger partial charge in [-0.05, 0) is 188 Å². The van der Waals surface area contributed by atoms with E-state index in [0.717, 1.165) is 42.4 Å². The number of nitrogens with zero attached hydrogens (tertiary/aromatic N) is 12. The molecule has 10 heterocycles. The maximum Gasteiger partial charge on any atom is 0.487 e. The molecular weight excluding hydrogens is 1640 g/mol. The van der Waals surface area contributed by atoms with Crippen molar-refractivity contribution in [2.24, 2.45) is 15.3 Å². The largest absolute Gasteiger partial charge is 0.487 e. The molecule has 2 N–H and O–H groups in total. The Bertz CT molecular complexity index is 4110.